The maximum atomic E-state index is 16.2. The van der Waals surface area contributed by atoms with Crippen molar-refractivity contribution in [3.05, 3.63) is 155 Å². The van der Waals surface area contributed by atoms with Crippen LogP contribution in [0.1, 0.15) is 103 Å². The van der Waals surface area contributed by atoms with Gasteiger partial charge < -0.3 is 9.47 Å². The lowest BCUT2D eigenvalue weighted by Crippen LogP contribution is -2.41. The molecule has 0 bridgehead atoms. The Balaban J connectivity index is 0.884. The number of anilines is 2. The van der Waals surface area contributed by atoms with Crippen LogP contribution in [0.4, 0.5) is 20.7 Å². The summed E-state index contributed by atoms with van der Waals surface area (Å²) in [7, 11) is -8.89. The van der Waals surface area contributed by atoms with Gasteiger partial charge in [-0.2, -0.15) is 0 Å². The van der Waals surface area contributed by atoms with Crippen LogP contribution < -0.4 is 18.9 Å². The molecule has 0 spiro atoms. The van der Waals surface area contributed by atoms with Crippen molar-refractivity contribution in [2.45, 2.75) is 84.8 Å². The first-order chi connectivity index (χ1) is 32.0. The molecule has 4 aliphatic rings. The lowest BCUT2D eigenvalue weighted by molar-refractivity contribution is 0.0579. The summed E-state index contributed by atoms with van der Waals surface area (Å²) in [5.41, 5.74) is 4.00. The first-order valence-electron chi connectivity index (χ1n) is 22.2. The van der Waals surface area contributed by atoms with Crippen LogP contribution in [0.15, 0.2) is 125 Å². The molecule has 66 heavy (non-hydrogen) atoms. The molecule has 1 unspecified atom stereocenters. The van der Waals surface area contributed by atoms with Gasteiger partial charge in [0.05, 0.1) is 13.2 Å². The summed E-state index contributed by atoms with van der Waals surface area (Å²) in [5.74, 6) is -1.73. The van der Waals surface area contributed by atoms with E-state index >= 15 is 8.78 Å². The minimum Gasteiger partial charge on any atom is -0.493 e. The molecule has 2 fully saturated rings. The van der Waals surface area contributed by atoms with Crippen LogP contribution in [-0.2, 0) is 20.0 Å². The first-order valence-corrected chi connectivity index (χ1v) is 25.2. The van der Waals surface area contributed by atoms with Gasteiger partial charge in [-0.25, -0.2) is 55.0 Å². The maximum absolute atomic E-state index is 16.2. The summed E-state index contributed by atoms with van der Waals surface area (Å²) in [4.78, 5) is 20.3. The number of piperidine rings is 2. The fourth-order valence-corrected chi connectivity index (χ4v) is 12.2. The summed E-state index contributed by atoms with van der Waals surface area (Å²) < 4.78 is 103. The van der Waals surface area contributed by atoms with Gasteiger partial charge in [0.25, 0.3) is 20.0 Å². The fraction of sp³-hybridized carbons (Fsp3) is 0.333. The smallest absolute Gasteiger partial charge is 0.267 e. The van der Waals surface area contributed by atoms with Crippen LogP contribution >= 0.6 is 0 Å². The number of benzene rings is 4. The zero-order chi connectivity index (χ0) is 45.4. The minimum atomic E-state index is -4.50. The second-order valence-electron chi connectivity index (χ2n) is 17.1. The van der Waals surface area contributed by atoms with Crippen LogP contribution in [0.2, 0.25) is 0 Å². The summed E-state index contributed by atoms with van der Waals surface area (Å²) in [6.45, 7) is 2.03. The highest BCUT2D eigenvalue weighted by atomic mass is 32.2. The van der Waals surface area contributed by atoms with Crippen LogP contribution in [0.25, 0.3) is 0 Å². The van der Waals surface area contributed by atoms with Crippen molar-refractivity contribution in [1.82, 2.24) is 29.7 Å². The Labute approximate surface area is 382 Å². The third-order valence-corrected chi connectivity index (χ3v) is 15.9. The second-order valence-corrected chi connectivity index (χ2v) is 20.4. The third-order valence-electron chi connectivity index (χ3n) is 13.2. The highest BCUT2D eigenvalue weighted by molar-refractivity contribution is 7.93. The van der Waals surface area contributed by atoms with E-state index in [0.717, 1.165) is 31.4 Å². The molecule has 0 radical (unpaired) electrons. The Morgan fingerprint density at radius 2 is 1.11 bits per heavy atom. The highest BCUT2D eigenvalue weighted by Gasteiger charge is 2.40. The predicted octanol–water partition coefficient (Wildman–Crippen LogP) is 8.64. The van der Waals surface area contributed by atoms with E-state index in [4.69, 9.17) is 9.47 Å². The molecule has 2 aromatic heterocycles. The maximum Gasteiger partial charge on any atom is 0.267 e. The summed E-state index contributed by atoms with van der Waals surface area (Å²) in [6.07, 6.45) is 9.69. The Bertz CT molecular complexity index is 2940. The van der Waals surface area contributed by atoms with Crippen LogP contribution in [0, 0.1) is 11.6 Å². The van der Waals surface area contributed by atoms with Gasteiger partial charge in [-0.05, 0) is 67.6 Å². The molecule has 0 saturated carbocycles. The molecule has 14 nitrogen and oxygen atoms in total. The number of halogens is 2. The number of nitrogens with one attached hydrogen (secondary N) is 2. The molecule has 18 heteroatoms. The van der Waals surface area contributed by atoms with Crippen LogP contribution in [-0.4, -0.2) is 72.9 Å². The minimum absolute atomic E-state index is 0.137. The predicted molar refractivity (Wildman–Crippen MR) is 242 cm³/mol. The van der Waals surface area contributed by atoms with Gasteiger partial charge >= 0.3 is 0 Å². The summed E-state index contributed by atoms with van der Waals surface area (Å²) in [5, 5.41) is 0. The number of hydrogen-bond donors (Lipinski definition) is 2. The molecule has 10 rings (SSSR count). The van der Waals surface area contributed by atoms with Crippen molar-refractivity contribution in [3.8, 4) is 11.5 Å². The average molecular weight is 935 g/mol. The van der Waals surface area contributed by atoms with Crippen molar-refractivity contribution in [2.75, 3.05) is 35.7 Å². The van der Waals surface area contributed by atoms with Gasteiger partial charge in [0.15, 0.2) is 0 Å². The Morgan fingerprint density at radius 3 is 1.71 bits per heavy atom. The van der Waals surface area contributed by atoms with Gasteiger partial charge in [-0.1, -0.05) is 67.1 Å². The van der Waals surface area contributed by atoms with Crippen molar-refractivity contribution in [2.24, 2.45) is 0 Å². The van der Waals surface area contributed by atoms with Gasteiger partial charge in [0.1, 0.15) is 32.9 Å². The Kier molecular flexibility index (Phi) is 12.1. The largest absolute Gasteiger partial charge is 0.493 e. The molecule has 2 N–H and O–H groups in total. The van der Waals surface area contributed by atoms with Gasteiger partial charge in [-0.3, -0.25) is 9.80 Å². The van der Waals surface area contributed by atoms with E-state index in [1.54, 1.807) is 6.07 Å². The lowest BCUT2D eigenvalue weighted by atomic mass is 9.82. The topological polar surface area (TPSA) is 169 Å². The number of likely N-dealkylation sites (tertiary alicyclic amines) is 2. The van der Waals surface area contributed by atoms with E-state index in [0.29, 0.717) is 61.4 Å². The molecular weight excluding hydrogens is 887 g/mol. The molecule has 4 aliphatic heterocycles. The number of sulfonamides is 2. The summed E-state index contributed by atoms with van der Waals surface area (Å²) >= 11 is 0. The monoisotopic (exact) mass is 934 g/mol. The van der Waals surface area contributed by atoms with E-state index < -0.39 is 41.5 Å². The van der Waals surface area contributed by atoms with Gasteiger partial charge in [0, 0.05) is 97.0 Å². The number of fused-ring (bicyclic) bond motifs is 2. The van der Waals surface area contributed by atoms with E-state index in [9.17, 15) is 16.8 Å². The quantitative estimate of drug-likeness (QED) is 0.127. The van der Waals surface area contributed by atoms with Crippen molar-refractivity contribution in [1.29, 1.82) is 0 Å². The standard InChI is InChI=1S/C48H48F2N8O6S2/c49-36-28-35-41(18-25-64-44(35)29-45(36)65(59,60)55-47-51-19-9-20-52-47)58-23-16-33(26-42(58)32-12-5-2-6-13-32)38-15-21-53-48(54-38)56-66(61,62)46-30-43-34(27-37(46)50)40(17-24-63-43)57-22-8-7-14-39(57)31-10-3-1-4-11-31/h1-6,9-13,15,19-21,27-30,33,39-42H,7-8,14,16-18,22-26H2,(H,51,52,55)(H,53,54,56)/t33?,39-,40-,41+,42-/m0/s1. The molecule has 2 saturated heterocycles. The van der Waals surface area contributed by atoms with Crippen LogP contribution in [0.5, 0.6) is 11.5 Å². The number of nitrogens with zero attached hydrogens (tertiary/aromatic N) is 6. The molecule has 0 aliphatic carbocycles. The van der Waals surface area contributed by atoms with E-state index in [1.165, 1.54) is 54.5 Å². The molecule has 6 heterocycles. The van der Waals surface area contributed by atoms with Crippen LogP contribution in [0.3, 0.4) is 0 Å². The van der Waals surface area contributed by atoms with Crippen molar-refractivity contribution < 1.29 is 35.1 Å². The SMILES string of the molecule is O=S(=O)(Nc1ncccn1)c1cc2c(cc1F)[C@H](N1CCC(c3ccnc(NS(=O)(=O)c4cc5c(cc4F)[C@@H](N4CCCC[C@H]4c4ccccc4)CCO5)n3)C[C@H]1c1ccccc1)CCO2. The number of ether oxygens (including phenoxy) is 2. The molecule has 6 aromatic rings. The Morgan fingerprint density at radius 1 is 0.561 bits per heavy atom. The number of aromatic nitrogens is 4. The first kappa shape index (κ1) is 43.8. The average Bonchev–Trinajstić information content (AvgIpc) is 3.33. The van der Waals surface area contributed by atoms with E-state index in [-0.39, 0.29) is 54.3 Å². The van der Waals surface area contributed by atoms with E-state index in [1.807, 2.05) is 48.5 Å². The molecule has 342 valence electrons. The number of rotatable bonds is 11. The van der Waals surface area contributed by atoms with Gasteiger partial charge in [0.2, 0.25) is 11.9 Å². The molecule has 5 atom stereocenters. The van der Waals surface area contributed by atoms with Gasteiger partial charge in [-0.15, -0.1) is 0 Å². The molecule has 4 aromatic carbocycles. The zero-order valence-electron chi connectivity index (χ0n) is 35.8. The van der Waals surface area contributed by atoms with Crippen molar-refractivity contribution >= 4 is 31.9 Å². The molecular formula is C48H48F2N8O6S2. The second kappa shape index (κ2) is 18.3. The Hall–Kier alpha value is -6.08. The highest BCUT2D eigenvalue weighted by Crippen LogP contribution is 2.48. The van der Waals surface area contributed by atoms with Crippen molar-refractivity contribution in [3.63, 3.8) is 0 Å². The lowest BCUT2D eigenvalue weighted by Gasteiger charge is -2.45. The normalized spacial score (nSPS) is 22.5. The molecule has 0 amide bonds. The van der Waals surface area contributed by atoms with E-state index in [2.05, 4.69) is 51.3 Å². The number of hydrogen-bond acceptors (Lipinski definition) is 12. The third kappa shape index (κ3) is 8.81. The fourth-order valence-electron chi connectivity index (χ4n) is 10.2. The summed E-state index contributed by atoms with van der Waals surface area (Å²) in [6, 6.07) is 28.0. The zero-order valence-corrected chi connectivity index (χ0v) is 37.5.